The number of benzene rings is 2. The van der Waals surface area contributed by atoms with Crippen LogP contribution in [0.25, 0.3) is 6.08 Å². The molecule has 0 heterocycles. The summed E-state index contributed by atoms with van der Waals surface area (Å²) in [4.78, 5) is 22.7. The number of carbonyl (C=O) groups is 1. The molecule has 0 saturated heterocycles. The van der Waals surface area contributed by atoms with Gasteiger partial charge in [-0.25, -0.2) is 4.79 Å². The van der Waals surface area contributed by atoms with Crippen LogP contribution in [0.1, 0.15) is 18.1 Å². The Morgan fingerprint density at radius 2 is 1.96 bits per heavy atom. The lowest BCUT2D eigenvalue weighted by Gasteiger charge is -2.12. The molecule has 0 radical (unpaired) electrons. The van der Waals surface area contributed by atoms with Crippen molar-refractivity contribution in [1.82, 2.24) is 0 Å². The minimum atomic E-state index is -0.859. The van der Waals surface area contributed by atoms with Gasteiger partial charge in [-0.3, -0.25) is 10.1 Å². The fourth-order valence-corrected chi connectivity index (χ4v) is 2.35. The van der Waals surface area contributed by atoms with Gasteiger partial charge < -0.3 is 14.2 Å². The van der Waals surface area contributed by atoms with Crippen LogP contribution in [0.4, 0.5) is 5.69 Å². The van der Waals surface area contributed by atoms with Gasteiger partial charge in [0.2, 0.25) is 0 Å². The van der Waals surface area contributed by atoms with Crippen molar-refractivity contribution in [2.45, 2.75) is 13.5 Å². The lowest BCUT2D eigenvalue weighted by molar-refractivity contribution is -0.385. The molecule has 0 aromatic heterocycles. The van der Waals surface area contributed by atoms with Gasteiger partial charge in [-0.05, 0) is 24.6 Å². The summed E-state index contributed by atoms with van der Waals surface area (Å²) in [6.07, 6.45) is 1.10. The topological polar surface area (TPSA) is 112 Å². The van der Waals surface area contributed by atoms with Gasteiger partial charge in [0.1, 0.15) is 18.2 Å². The van der Waals surface area contributed by atoms with Gasteiger partial charge in [0.15, 0.2) is 11.5 Å². The van der Waals surface area contributed by atoms with Crippen LogP contribution in [-0.4, -0.2) is 24.6 Å². The van der Waals surface area contributed by atoms with E-state index in [1.165, 1.54) is 19.2 Å². The first-order chi connectivity index (χ1) is 13.5. The monoisotopic (exact) mass is 382 g/mol. The first kappa shape index (κ1) is 20.5. The highest BCUT2D eigenvalue weighted by Gasteiger charge is 2.21. The van der Waals surface area contributed by atoms with Crippen LogP contribution in [-0.2, 0) is 16.1 Å². The molecule has 0 amide bonds. The van der Waals surface area contributed by atoms with Gasteiger partial charge in [-0.1, -0.05) is 30.3 Å². The molecule has 8 nitrogen and oxygen atoms in total. The summed E-state index contributed by atoms with van der Waals surface area (Å²) in [5.41, 5.74) is 0.217. The Kier molecular flexibility index (Phi) is 7.11. The highest BCUT2D eigenvalue weighted by atomic mass is 16.6. The number of nitriles is 1. The Morgan fingerprint density at radius 1 is 1.25 bits per heavy atom. The van der Waals surface area contributed by atoms with E-state index in [-0.39, 0.29) is 41.5 Å². The van der Waals surface area contributed by atoms with E-state index in [0.29, 0.717) is 0 Å². The molecule has 0 bridgehead atoms. The fraction of sp³-hybridized carbons (Fsp3) is 0.200. The number of nitro groups is 1. The molecule has 2 aromatic rings. The average Bonchev–Trinajstić information content (AvgIpc) is 2.71. The molecule has 0 aliphatic carbocycles. The molecule has 0 unspecified atom stereocenters. The molecular weight excluding hydrogens is 364 g/mol. The maximum Gasteiger partial charge on any atom is 0.348 e. The van der Waals surface area contributed by atoms with E-state index in [2.05, 4.69) is 0 Å². The maximum atomic E-state index is 11.8. The largest absolute Gasteiger partial charge is 0.493 e. The molecule has 28 heavy (non-hydrogen) atoms. The maximum absolute atomic E-state index is 11.8. The molecule has 0 spiro atoms. The summed E-state index contributed by atoms with van der Waals surface area (Å²) in [5.74, 6) is -0.457. The second kappa shape index (κ2) is 9.73. The summed E-state index contributed by atoms with van der Waals surface area (Å²) in [6.45, 7) is 1.86. The molecule has 2 aromatic carbocycles. The Balaban J connectivity index is 2.43. The second-order valence-corrected chi connectivity index (χ2v) is 5.48. The van der Waals surface area contributed by atoms with E-state index in [0.717, 1.165) is 11.6 Å². The van der Waals surface area contributed by atoms with Crippen LogP contribution in [0.15, 0.2) is 48.0 Å². The molecule has 2 rings (SSSR count). The van der Waals surface area contributed by atoms with E-state index in [4.69, 9.17) is 19.5 Å². The van der Waals surface area contributed by atoms with Crippen LogP contribution in [0.5, 0.6) is 11.5 Å². The van der Waals surface area contributed by atoms with Crippen molar-refractivity contribution in [3.8, 4) is 17.6 Å². The van der Waals surface area contributed by atoms with Crippen molar-refractivity contribution in [3.05, 3.63) is 69.3 Å². The van der Waals surface area contributed by atoms with E-state index in [1.807, 2.05) is 30.3 Å². The third kappa shape index (κ3) is 5.08. The molecular formula is C20H18N2O6. The summed E-state index contributed by atoms with van der Waals surface area (Å²) in [6, 6.07) is 13.5. The predicted molar refractivity (Wildman–Crippen MR) is 101 cm³/mol. The van der Waals surface area contributed by atoms with Gasteiger partial charge in [0.05, 0.1) is 30.3 Å². The summed E-state index contributed by atoms with van der Waals surface area (Å²) in [5, 5.41) is 20.7. The van der Waals surface area contributed by atoms with Gasteiger partial charge >= 0.3 is 5.97 Å². The summed E-state index contributed by atoms with van der Waals surface area (Å²) in [7, 11) is 1.39. The zero-order valence-electron chi connectivity index (χ0n) is 15.4. The van der Waals surface area contributed by atoms with Crippen molar-refractivity contribution in [3.63, 3.8) is 0 Å². The van der Waals surface area contributed by atoms with Crippen LogP contribution >= 0.6 is 0 Å². The van der Waals surface area contributed by atoms with E-state index in [9.17, 15) is 14.9 Å². The number of esters is 1. The number of ether oxygens (including phenoxy) is 3. The molecule has 8 heteroatoms. The normalized spacial score (nSPS) is 10.7. The highest BCUT2D eigenvalue weighted by Crippen LogP contribution is 2.36. The van der Waals surface area contributed by atoms with Crippen molar-refractivity contribution >= 4 is 17.7 Å². The Bertz CT molecular complexity index is 932. The van der Waals surface area contributed by atoms with Gasteiger partial charge in [0, 0.05) is 0 Å². The summed E-state index contributed by atoms with van der Waals surface area (Å²) < 4.78 is 15.7. The lowest BCUT2D eigenvalue weighted by Crippen LogP contribution is -2.06. The standard InChI is InChI=1S/C20H18N2O6/c1-3-27-20(23)16(12-21)9-15-10-18(26-2)19(11-17(15)22(24)25)28-13-14-7-5-4-6-8-14/h4-11H,3,13H2,1-2H3/b16-9-. The number of nitro benzene ring substituents is 1. The van der Waals surface area contributed by atoms with Crippen LogP contribution < -0.4 is 9.47 Å². The first-order valence-corrected chi connectivity index (χ1v) is 8.32. The average molecular weight is 382 g/mol. The Hall–Kier alpha value is -3.86. The third-order valence-electron chi connectivity index (χ3n) is 3.66. The number of hydrogen-bond acceptors (Lipinski definition) is 7. The molecule has 0 fully saturated rings. The van der Waals surface area contributed by atoms with E-state index < -0.39 is 10.9 Å². The Morgan fingerprint density at radius 3 is 2.54 bits per heavy atom. The van der Waals surface area contributed by atoms with E-state index in [1.54, 1.807) is 13.0 Å². The van der Waals surface area contributed by atoms with Gasteiger partial charge in [-0.2, -0.15) is 5.26 Å². The molecule has 0 N–H and O–H groups in total. The quantitative estimate of drug-likeness (QED) is 0.225. The van der Waals surface area contributed by atoms with Crippen LogP contribution in [0, 0.1) is 21.4 Å². The number of carbonyl (C=O) groups excluding carboxylic acids is 1. The highest BCUT2D eigenvalue weighted by molar-refractivity contribution is 5.98. The van der Waals surface area contributed by atoms with Crippen molar-refractivity contribution < 1.29 is 23.9 Å². The minimum Gasteiger partial charge on any atom is -0.493 e. The molecule has 0 saturated carbocycles. The fourth-order valence-electron chi connectivity index (χ4n) is 2.35. The van der Waals surface area contributed by atoms with Gasteiger partial charge in [-0.15, -0.1) is 0 Å². The van der Waals surface area contributed by atoms with Crippen molar-refractivity contribution in [1.29, 1.82) is 5.26 Å². The number of methoxy groups -OCH3 is 1. The second-order valence-electron chi connectivity index (χ2n) is 5.48. The zero-order chi connectivity index (χ0) is 20.5. The van der Waals surface area contributed by atoms with Crippen molar-refractivity contribution in [2.75, 3.05) is 13.7 Å². The predicted octanol–water partition coefficient (Wildman–Crippen LogP) is 3.65. The third-order valence-corrected chi connectivity index (χ3v) is 3.66. The first-order valence-electron chi connectivity index (χ1n) is 8.32. The van der Waals surface area contributed by atoms with E-state index >= 15 is 0 Å². The molecule has 0 aliphatic rings. The van der Waals surface area contributed by atoms with Crippen LogP contribution in [0.3, 0.4) is 0 Å². The smallest absolute Gasteiger partial charge is 0.348 e. The SMILES string of the molecule is CCOC(=O)/C(C#N)=C\c1cc(OC)c(OCc2ccccc2)cc1[N+](=O)[O-]. The number of rotatable bonds is 8. The Labute approximate surface area is 161 Å². The molecule has 0 aliphatic heterocycles. The van der Waals surface area contributed by atoms with Gasteiger partial charge in [0.25, 0.3) is 5.69 Å². The summed E-state index contributed by atoms with van der Waals surface area (Å²) >= 11 is 0. The lowest BCUT2D eigenvalue weighted by atomic mass is 10.1. The molecule has 144 valence electrons. The number of nitrogens with zero attached hydrogens (tertiary/aromatic N) is 2. The molecule has 0 atom stereocenters. The van der Waals surface area contributed by atoms with Crippen molar-refractivity contribution in [2.24, 2.45) is 0 Å². The minimum absolute atomic E-state index is 0.0264. The zero-order valence-corrected chi connectivity index (χ0v) is 15.4. The van der Waals surface area contributed by atoms with Crippen LogP contribution in [0.2, 0.25) is 0 Å². The number of hydrogen-bond donors (Lipinski definition) is 0.